The molecule has 0 nitrogen and oxygen atoms in total. The molecule has 0 atom stereocenters. The number of aryl methyl sites for hydroxylation is 1. The van der Waals surface area contributed by atoms with Gasteiger partial charge in [-0.25, -0.2) is 0 Å². The summed E-state index contributed by atoms with van der Waals surface area (Å²) in [4.78, 5) is 0. The van der Waals surface area contributed by atoms with E-state index in [-0.39, 0.29) is 0 Å². The van der Waals surface area contributed by atoms with Gasteiger partial charge in [-0.3, -0.25) is 0 Å². The molecule has 1 heteroatoms. The highest BCUT2D eigenvalue weighted by Gasteiger charge is 2.03. The Bertz CT molecular complexity index is 289. The zero-order chi connectivity index (χ0) is 10.6. The highest BCUT2D eigenvalue weighted by molar-refractivity contribution is 9.10. The van der Waals surface area contributed by atoms with Crippen LogP contribution in [0.25, 0.3) is 0 Å². The van der Waals surface area contributed by atoms with E-state index < -0.39 is 0 Å². The quantitative estimate of drug-likeness (QED) is 0.716. The molecule has 0 radical (unpaired) electrons. The van der Waals surface area contributed by atoms with Crippen LogP contribution in [0.1, 0.15) is 50.7 Å². The van der Waals surface area contributed by atoms with Crippen LogP contribution in [0, 0.1) is 0 Å². The van der Waals surface area contributed by atoms with E-state index in [2.05, 4.69) is 54.9 Å². The van der Waals surface area contributed by atoms with Crippen LogP contribution in [0.3, 0.4) is 0 Å². The molecular weight excluding hydrogens is 236 g/mol. The molecule has 1 rings (SSSR count). The van der Waals surface area contributed by atoms with Crippen LogP contribution in [-0.4, -0.2) is 0 Å². The highest BCUT2D eigenvalue weighted by Crippen LogP contribution is 2.24. The fourth-order valence-corrected chi connectivity index (χ4v) is 1.96. The number of halogens is 1. The summed E-state index contributed by atoms with van der Waals surface area (Å²) >= 11 is 3.61. The van der Waals surface area contributed by atoms with Crippen LogP contribution in [0.15, 0.2) is 22.7 Å². The molecule has 0 bridgehead atoms. The molecule has 78 valence electrons. The fraction of sp³-hybridized carbons (Fsp3) is 0.538. The van der Waals surface area contributed by atoms with Gasteiger partial charge in [0, 0.05) is 4.47 Å². The second-order valence-corrected chi connectivity index (χ2v) is 4.96. The van der Waals surface area contributed by atoms with Gasteiger partial charge in [-0.1, -0.05) is 55.3 Å². The number of hydrogen-bond acceptors (Lipinski definition) is 0. The van der Waals surface area contributed by atoms with Crippen molar-refractivity contribution in [2.45, 2.75) is 46.0 Å². The Hall–Kier alpha value is -0.300. The van der Waals surface area contributed by atoms with Crippen molar-refractivity contribution in [3.05, 3.63) is 33.8 Å². The monoisotopic (exact) mass is 254 g/mol. The first-order valence-corrected chi connectivity index (χ1v) is 6.22. The van der Waals surface area contributed by atoms with Crippen molar-refractivity contribution in [2.75, 3.05) is 0 Å². The third-order valence-corrected chi connectivity index (χ3v) is 3.31. The summed E-state index contributed by atoms with van der Waals surface area (Å²) in [6, 6.07) is 6.73. The molecule has 14 heavy (non-hydrogen) atoms. The molecule has 0 aromatic heterocycles. The van der Waals surface area contributed by atoms with Crippen molar-refractivity contribution < 1.29 is 0 Å². The molecule has 0 aliphatic carbocycles. The minimum Gasteiger partial charge on any atom is -0.0654 e. The van der Waals surface area contributed by atoms with Crippen molar-refractivity contribution in [3.63, 3.8) is 0 Å². The summed E-state index contributed by atoms with van der Waals surface area (Å²) in [6.45, 7) is 6.72. The topological polar surface area (TPSA) is 0 Å². The highest BCUT2D eigenvalue weighted by atomic mass is 79.9. The maximum Gasteiger partial charge on any atom is 0.0207 e. The van der Waals surface area contributed by atoms with E-state index in [1.807, 2.05) is 0 Å². The summed E-state index contributed by atoms with van der Waals surface area (Å²) < 4.78 is 1.26. The lowest BCUT2D eigenvalue weighted by atomic mass is 9.99. The molecule has 0 aliphatic rings. The van der Waals surface area contributed by atoms with Crippen LogP contribution >= 0.6 is 15.9 Å². The van der Waals surface area contributed by atoms with Gasteiger partial charge in [-0.2, -0.15) is 0 Å². The molecule has 0 heterocycles. The molecule has 0 saturated carbocycles. The van der Waals surface area contributed by atoms with Gasteiger partial charge in [0.2, 0.25) is 0 Å². The second-order valence-electron chi connectivity index (χ2n) is 4.11. The van der Waals surface area contributed by atoms with Gasteiger partial charge >= 0.3 is 0 Å². The van der Waals surface area contributed by atoms with E-state index >= 15 is 0 Å². The minimum atomic E-state index is 0.628. The number of benzene rings is 1. The van der Waals surface area contributed by atoms with Gasteiger partial charge in [0.1, 0.15) is 0 Å². The molecule has 1 aromatic rings. The molecule has 0 amide bonds. The van der Waals surface area contributed by atoms with Gasteiger partial charge in [0.15, 0.2) is 0 Å². The van der Waals surface area contributed by atoms with Crippen molar-refractivity contribution in [1.82, 2.24) is 0 Å². The van der Waals surface area contributed by atoms with Crippen LogP contribution in [0.4, 0.5) is 0 Å². The van der Waals surface area contributed by atoms with E-state index in [9.17, 15) is 0 Å². The van der Waals surface area contributed by atoms with Crippen molar-refractivity contribution in [3.8, 4) is 0 Å². The van der Waals surface area contributed by atoms with Crippen LogP contribution in [0.2, 0.25) is 0 Å². The van der Waals surface area contributed by atoms with E-state index in [0.29, 0.717) is 5.92 Å². The van der Waals surface area contributed by atoms with E-state index in [0.717, 1.165) is 0 Å². The largest absolute Gasteiger partial charge is 0.0654 e. The minimum absolute atomic E-state index is 0.628. The summed E-state index contributed by atoms with van der Waals surface area (Å²) in [7, 11) is 0. The van der Waals surface area contributed by atoms with Crippen LogP contribution < -0.4 is 0 Å². The van der Waals surface area contributed by atoms with Crippen LogP contribution in [-0.2, 0) is 6.42 Å². The maximum atomic E-state index is 3.61. The SMILES string of the molecule is CCCCc1cc(C(C)C)ccc1Br. The van der Waals surface area contributed by atoms with Gasteiger partial charge in [-0.15, -0.1) is 0 Å². The standard InChI is InChI=1S/C13H19Br/c1-4-5-6-12-9-11(10(2)3)7-8-13(12)14/h7-10H,4-6H2,1-3H3. The van der Waals surface area contributed by atoms with Gasteiger partial charge < -0.3 is 0 Å². The Morgan fingerprint density at radius 1 is 1.29 bits per heavy atom. The van der Waals surface area contributed by atoms with Crippen molar-refractivity contribution in [2.24, 2.45) is 0 Å². The predicted octanol–water partition coefficient (Wildman–Crippen LogP) is 4.92. The molecule has 0 N–H and O–H groups in total. The molecule has 0 unspecified atom stereocenters. The Balaban J connectivity index is 2.85. The lowest BCUT2D eigenvalue weighted by Gasteiger charge is -2.09. The summed E-state index contributed by atoms with van der Waals surface area (Å²) in [5.41, 5.74) is 2.90. The van der Waals surface area contributed by atoms with E-state index in [1.54, 1.807) is 0 Å². The smallest absolute Gasteiger partial charge is 0.0207 e. The van der Waals surface area contributed by atoms with Gasteiger partial charge in [0.25, 0.3) is 0 Å². The normalized spacial score (nSPS) is 10.9. The number of unbranched alkanes of at least 4 members (excludes halogenated alkanes) is 1. The Morgan fingerprint density at radius 3 is 2.57 bits per heavy atom. The van der Waals surface area contributed by atoms with Gasteiger partial charge in [-0.05, 0) is 36.0 Å². The average molecular weight is 255 g/mol. The molecule has 1 aromatic carbocycles. The van der Waals surface area contributed by atoms with Crippen molar-refractivity contribution >= 4 is 15.9 Å². The van der Waals surface area contributed by atoms with Crippen molar-refractivity contribution in [1.29, 1.82) is 0 Å². The summed E-state index contributed by atoms with van der Waals surface area (Å²) in [5.74, 6) is 0.628. The summed E-state index contributed by atoms with van der Waals surface area (Å²) in [5, 5.41) is 0. The zero-order valence-corrected chi connectivity index (χ0v) is 10.9. The second kappa shape index (κ2) is 5.55. The summed E-state index contributed by atoms with van der Waals surface area (Å²) in [6.07, 6.45) is 3.73. The molecular formula is C13H19Br. The molecule has 0 fully saturated rings. The van der Waals surface area contributed by atoms with E-state index in [4.69, 9.17) is 0 Å². The average Bonchev–Trinajstić information content (AvgIpc) is 2.16. The lowest BCUT2D eigenvalue weighted by Crippen LogP contribution is -1.92. The molecule has 0 aliphatic heterocycles. The first-order chi connectivity index (χ1) is 6.65. The third-order valence-electron chi connectivity index (χ3n) is 2.54. The Kier molecular flexibility index (Phi) is 4.67. The number of rotatable bonds is 4. The third kappa shape index (κ3) is 3.13. The Morgan fingerprint density at radius 2 is 2.00 bits per heavy atom. The zero-order valence-electron chi connectivity index (χ0n) is 9.31. The predicted molar refractivity (Wildman–Crippen MR) is 66.8 cm³/mol. The van der Waals surface area contributed by atoms with E-state index in [1.165, 1.54) is 34.9 Å². The Labute approximate surface area is 95.9 Å². The first kappa shape index (κ1) is 11.8. The fourth-order valence-electron chi connectivity index (χ4n) is 1.51. The molecule has 0 saturated heterocycles. The maximum absolute atomic E-state index is 3.61. The molecule has 0 spiro atoms. The van der Waals surface area contributed by atoms with Gasteiger partial charge in [0.05, 0.1) is 0 Å². The first-order valence-electron chi connectivity index (χ1n) is 5.43. The number of hydrogen-bond donors (Lipinski definition) is 0. The van der Waals surface area contributed by atoms with Crippen LogP contribution in [0.5, 0.6) is 0 Å². The lowest BCUT2D eigenvalue weighted by molar-refractivity contribution is 0.787.